The minimum atomic E-state index is 0.0541. The van der Waals surface area contributed by atoms with Crippen molar-refractivity contribution in [3.05, 3.63) is 24.2 Å². The Kier molecular flexibility index (Phi) is 4.63. The van der Waals surface area contributed by atoms with Gasteiger partial charge in [-0.3, -0.25) is 4.79 Å². The molecular formula is C19H28N2O3. The third-order valence-corrected chi connectivity index (χ3v) is 6.06. The van der Waals surface area contributed by atoms with Crippen LogP contribution >= 0.6 is 0 Å². The molecule has 3 aliphatic rings. The zero-order valence-corrected chi connectivity index (χ0v) is 14.4. The van der Waals surface area contributed by atoms with Gasteiger partial charge in [0.2, 0.25) is 0 Å². The van der Waals surface area contributed by atoms with E-state index in [0.717, 1.165) is 45.2 Å². The second kappa shape index (κ2) is 6.89. The van der Waals surface area contributed by atoms with E-state index in [1.54, 1.807) is 18.4 Å². The van der Waals surface area contributed by atoms with Crippen LogP contribution in [0.4, 0.5) is 0 Å². The summed E-state index contributed by atoms with van der Waals surface area (Å²) in [6.07, 6.45) is 7.61. The summed E-state index contributed by atoms with van der Waals surface area (Å²) < 4.78 is 10.8. The van der Waals surface area contributed by atoms with Crippen LogP contribution in [0.3, 0.4) is 0 Å². The third kappa shape index (κ3) is 3.38. The molecule has 3 fully saturated rings. The fraction of sp³-hybridized carbons (Fsp3) is 0.737. The van der Waals surface area contributed by atoms with Crippen molar-refractivity contribution in [1.29, 1.82) is 0 Å². The van der Waals surface area contributed by atoms with E-state index in [4.69, 9.17) is 9.15 Å². The minimum Gasteiger partial charge on any atom is -0.459 e. The van der Waals surface area contributed by atoms with E-state index in [9.17, 15) is 4.79 Å². The van der Waals surface area contributed by atoms with Gasteiger partial charge in [-0.05, 0) is 56.7 Å². The van der Waals surface area contributed by atoms with Crippen LogP contribution in [0.1, 0.15) is 42.7 Å². The molecule has 1 amide bonds. The molecule has 0 saturated carbocycles. The first-order valence-corrected chi connectivity index (χ1v) is 9.37. The van der Waals surface area contributed by atoms with Crippen LogP contribution in [-0.2, 0) is 4.74 Å². The Morgan fingerprint density at radius 3 is 2.88 bits per heavy atom. The van der Waals surface area contributed by atoms with Gasteiger partial charge in [-0.15, -0.1) is 0 Å². The van der Waals surface area contributed by atoms with Crippen molar-refractivity contribution in [1.82, 2.24) is 9.80 Å². The molecule has 0 aliphatic carbocycles. The summed E-state index contributed by atoms with van der Waals surface area (Å²) in [5, 5.41) is 0. The highest BCUT2D eigenvalue weighted by molar-refractivity contribution is 5.91. The molecule has 1 aromatic heterocycles. The summed E-state index contributed by atoms with van der Waals surface area (Å²) in [6, 6.07) is 3.56. The molecular weight excluding hydrogens is 304 g/mol. The molecule has 5 nitrogen and oxygen atoms in total. The molecule has 4 rings (SSSR count). The van der Waals surface area contributed by atoms with Crippen molar-refractivity contribution in [2.24, 2.45) is 11.3 Å². The van der Waals surface area contributed by atoms with Crippen molar-refractivity contribution in [2.75, 3.05) is 45.9 Å². The van der Waals surface area contributed by atoms with Gasteiger partial charge in [0.15, 0.2) is 5.76 Å². The lowest BCUT2D eigenvalue weighted by atomic mass is 9.79. The Labute approximate surface area is 143 Å². The quantitative estimate of drug-likeness (QED) is 0.854. The average molecular weight is 332 g/mol. The molecule has 132 valence electrons. The molecule has 0 unspecified atom stereocenters. The fourth-order valence-electron chi connectivity index (χ4n) is 4.76. The van der Waals surface area contributed by atoms with Gasteiger partial charge in [0.05, 0.1) is 6.26 Å². The first-order chi connectivity index (χ1) is 11.7. The van der Waals surface area contributed by atoms with Gasteiger partial charge in [0.25, 0.3) is 5.91 Å². The number of likely N-dealkylation sites (tertiary alicyclic amines) is 2. The largest absolute Gasteiger partial charge is 0.459 e. The molecule has 1 spiro atoms. The predicted octanol–water partition coefficient (Wildman–Crippen LogP) is 2.63. The van der Waals surface area contributed by atoms with Gasteiger partial charge in [-0.25, -0.2) is 0 Å². The molecule has 1 atom stereocenters. The molecule has 0 bridgehead atoms. The number of carbonyl (C=O) groups excluding carboxylic acids is 1. The third-order valence-electron chi connectivity index (χ3n) is 6.06. The van der Waals surface area contributed by atoms with Gasteiger partial charge in [0.1, 0.15) is 0 Å². The van der Waals surface area contributed by atoms with Gasteiger partial charge in [-0.2, -0.15) is 0 Å². The summed E-state index contributed by atoms with van der Waals surface area (Å²) >= 11 is 0. The lowest BCUT2D eigenvalue weighted by Crippen LogP contribution is -2.47. The van der Waals surface area contributed by atoms with Crippen LogP contribution in [0, 0.1) is 11.3 Å². The lowest BCUT2D eigenvalue weighted by Gasteiger charge is -2.42. The van der Waals surface area contributed by atoms with Crippen molar-refractivity contribution in [3.63, 3.8) is 0 Å². The molecule has 4 heterocycles. The number of piperidine rings is 1. The summed E-state index contributed by atoms with van der Waals surface area (Å²) in [7, 11) is 0. The number of ether oxygens (including phenoxy) is 1. The van der Waals surface area contributed by atoms with E-state index >= 15 is 0 Å². The Morgan fingerprint density at radius 1 is 1.21 bits per heavy atom. The van der Waals surface area contributed by atoms with Crippen molar-refractivity contribution >= 4 is 5.91 Å². The molecule has 1 aromatic rings. The van der Waals surface area contributed by atoms with Crippen molar-refractivity contribution < 1.29 is 13.9 Å². The zero-order valence-electron chi connectivity index (χ0n) is 14.4. The van der Waals surface area contributed by atoms with Crippen molar-refractivity contribution in [3.8, 4) is 0 Å². The summed E-state index contributed by atoms with van der Waals surface area (Å²) in [6.45, 7) is 7.17. The highest BCUT2D eigenvalue weighted by Gasteiger charge is 2.43. The monoisotopic (exact) mass is 332 g/mol. The number of hydrogen-bond donors (Lipinski definition) is 0. The summed E-state index contributed by atoms with van der Waals surface area (Å²) in [5.41, 5.74) is 0.297. The van der Waals surface area contributed by atoms with E-state index in [0.29, 0.717) is 11.2 Å². The van der Waals surface area contributed by atoms with Gasteiger partial charge < -0.3 is 19.0 Å². The Bertz CT molecular complexity index is 553. The zero-order chi connectivity index (χ0) is 16.4. The van der Waals surface area contributed by atoms with Crippen LogP contribution in [0.5, 0.6) is 0 Å². The summed E-state index contributed by atoms with van der Waals surface area (Å²) in [5.74, 6) is 1.32. The van der Waals surface area contributed by atoms with Crippen LogP contribution in [0.25, 0.3) is 0 Å². The Hall–Kier alpha value is -1.33. The number of furan rings is 1. The highest BCUT2D eigenvalue weighted by Crippen LogP contribution is 2.39. The van der Waals surface area contributed by atoms with Gasteiger partial charge in [0, 0.05) is 44.8 Å². The second-order valence-electron chi connectivity index (χ2n) is 7.85. The fourth-order valence-corrected chi connectivity index (χ4v) is 4.76. The lowest BCUT2D eigenvalue weighted by molar-refractivity contribution is 0.0307. The predicted molar refractivity (Wildman–Crippen MR) is 90.9 cm³/mol. The molecule has 3 saturated heterocycles. The number of hydrogen-bond acceptors (Lipinski definition) is 4. The molecule has 0 radical (unpaired) electrons. The van der Waals surface area contributed by atoms with Crippen LogP contribution < -0.4 is 0 Å². The molecule has 0 aromatic carbocycles. The normalized spacial score (nSPS) is 29.4. The highest BCUT2D eigenvalue weighted by atomic mass is 16.5. The maximum Gasteiger partial charge on any atom is 0.289 e. The van der Waals surface area contributed by atoms with E-state index < -0.39 is 0 Å². The first kappa shape index (κ1) is 16.2. The van der Waals surface area contributed by atoms with Crippen LogP contribution in [-0.4, -0.2) is 61.6 Å². The topological polar surface area (TPSA) is 45.9 Å². The Balaban J connectivity index is 1.36. The van der Waals surface area contributed by atoms with E-state index in [-0.39, 0.29) is 5.91 Å². The van der Waals surface area contributed by atoms with Gasteiger partial charge in [-0.1, -0.05) is 0 Å². The van der Waals surface area contributed by atoms with Crippen molar-refractivity contribution in [2.45, 2.75) is 32.1 Å². The number of amides is 1. The first-order valence-electron chi connectivity index (χ1n) is 9.37. The SMILES string of the molecule is O=C(c1ccco1)N1CC[C@]2(CCCN(CC3CCOCC3)C2)C1. The van der Waals surface area contributed by atoms with E-state index in [2.05, 4.69) is 4.90 Å². The number of nitrogens with zero attached hydrogens (tertiary/aromatic N) is 2. The smallest absolute Gasteiger partial charge is 0.289 e. The maximum absolute atomic E-state index is 12.5. The number of carbonyl (C=O) groups is 1. The molecule has 5 heteroatoms. The maximum atomic E-state index is 12.5. The molecule has 24 heavy (non-hydrogen) atoms. The minimum absolute atomic E-state index is 0.0541. The Morgan fingerprint density at radius 2 is 2.08 bits per heavy atom. The average Bonchev–Trinajstić information content (AvgIpc) is 3.26. The van der Waals surface area contributed by atoms with E-state index in [1.807, 2.05) is 4.90 Å². The van der Waals surface area contributed by atoms with Crippen LogP contribution in [0.2, 0.25) is 0 Å². The summed E-state index contributed by atoms with van der Waals surface area (Å²) in [4.78, 5) is 17.2. The molecule has 3 aliphatic heterocycles. The second-order valence-corrected chi connectivity index (χ2v) is 7.85. The standard InChI is InChI=1S/C19H28N2O3/c22-18(17-3-1-10-24-17)21-9-7-19(15-21)6-2-8-20(14-19)13-16-4-11-23-12-5-16/h1,3,10,16H,2,4-9,11-15H2/t19-/m0/s1. The van der Waals surface area contributed by atoms with Crippen LogP contribution in [0.15, 0.2) is 22.8 Å². The molecule has 0 N–H and O–H groups in total. The number of rotatable bonds is 3. The van der Waals surface area contributed by atoms with Gasteiger partial charge >= 0.3 is 0 Å². The van der Waals surface area contributed by atoms with E-state index in [1.165, 1.54) is 38.8 Å².